The van der Waals surface area contributed by atoms with Crippen molar-refractivity contribution in [1.29, 1.82) is 0 Å². The molecule has 0 bridgehead atoms. The lowest BCUT2D eigenvalue weighted by atomic mass is 10.2. The Kier molecular flexibility index (Phi) is 8.57. The van der Waals surface area contributed by atoms with Gasteiger partial charge >= 0.3 is 0 Å². The summed E-state index contributed by atoms with van der Waals surface area (Å²) in [5.74, 6) is 0. The maximum atomic E-state index is 3.68. The fourth-order valence-electron chi connectivity index (χ4n) is 0.837. The molecule has 0 N–H and O–H groups in total. The van der Waals surface area contributed by atoms with Gasteiger partial charge in [-0.05, 0) is 32.6 Å². The molecule has 0 heterocycles. The Morgan fingerprint density at radius 2 is 1.82 bits per heavy atom. The summed E-state index contributed by atoms with van der Waals surface area (Å²) in [6.07, 6.45) is 15.3. The standard InChI is InChI=1S/C11H18/c1-3-5-7-9-11-10-8-6-4-2/h3-4,6,8,10H,1,5,7,9,11H2,2H3. The van der Waals surface area contributed by atoms with Crippen molar-refractivity contribution < 1.29 is 0 Å². The molecular weight excluding hydrogens is 132 g/mol. The largest absolute Gasteiger partial charge is 0.103 e. The van der Waals surface area contributed by atoms with Crippen molar-refractivity contribution in [2.45, 2.75) is 32.6 Å². The van der Waals surface area contributed by atoms with Gasteiger partial charge in [-0.15, -0.1) is 6.58 Å². The maximum Gasteiger partial charge on any atom is -0.0347 e. The Labute approximate surface area is 70.3 Å². The van der Waals surface area contributed by atoms with Gasteiger partial charge in [-0.25, -0.2) is 0 Å². The number of hydrogen-bond donors (Lipinski definition) is 0. The highest BCUT2D eigenvalue weighted by molar-refractivity contribution is 5.00. The zero-order chi connectivity index (χ0) is 8.36. The first-order valence-electron chi connectivity index (χ1n) is 4.30. The molecule has 0 saturated carbocycles. The quantitative estimate of drug-likeness (QED) is 0.306. The van der Waals surface area contributed by atoms with Gasteiger partial charge in [-0.2, -0.15) is 0 Å². The second kappa shape index (κ2) is 9.22. The topological polar surface area (TPSA) is 0 Å². The van der Waals surface area contributed by atoms with Crippen LogP contribution >= 0.6 is 0 Å². The van der Waals surface area contributed by atoms with Crippen molar-refractivity contribution in [3.05, 3.63) is 37.0 Å². The van der Waals surface area contributed by atoms with Crippen LogP contribution in [0.4, 0.5) is 0 Å². The highest BCUT2D eigenvalue weighted by atomic mass is 13.9. The van der Waals surface area contributed by atoms with E-state index < -0.39 is 0 Å². The van der Waals surface area contributed by atoms with Gasteiger partial charge in [0.15, 0.2) is 0 Å². The predicted octanol–water partition coefficient (Wildman–Crippen LogP) is 3.87. The van der Waals surface area contributed by atoms with Crippen LogP contribution in [0, 0.1) is 0 Å². The summed E-state index contributed by atoms with van der Waals surface area (Å²) in [7, 11) is 0. The molecule has 0 nitrogen and oxygen atoms in total. The van der Waals surface area contributed by atoms with Gasteiger partial charge in [0.05, 0.1) is 0 Å². The third-order valence-electron chi connectivity index (χ3n) is 1.47. The van der Waals surface area contributed by atoms with Gasteiger partial charge in [0.25, 0.3) is 0 Å². The van der Waals surface area contributed by atoms with Crippen LogP contribution in [0.3, 0.4) is 0 Å². The molecule has 0 rings (SSSR count). The van der Waals surface area contributed by atoms with E-state index in [0.29, 0.717) is 0 Å². The van der Waals surface area contributed by atoms with E-state index in [2.05, 4.69) is 24.8 Å². The molecule has 0 radical (unpaired) electrons. The van der Waals surface area contributed by atoms with Gasteiger partial charge in [0.2, 0.25) is 0 Å². The maximum absolute atomic E-state index is 3.68. The second-order valence-electron chi connectivity index (χ2n) is 2.53. The summed E-state index contributed by atoms with van der Waals surface area (Å²) in [6.45, 7) is 5.71. The number of hydrogen-bond acceptors (Lipinski definition) is 0. The van der Waals surface area contributed by atoms with Crippen LogP contribution in [0.2, 0.25) is 0 Å². The van der Waals surface area contributed by atoms with Crippen LogP contribution in [-0.4, -0.2) is 0 Å². The predicted molar refractivity (Wildman–Crippen MR) is 52.6 cm³/mol. The lowest BCUT2D eigenvalue weighted by molar-refractivity contribution is 0.763. The first kappa shape index (κ1) is 10.2. The SMILES string of the molecule is C=CCCCCC=CC=CC. The normalized spacial score (nSPS) is 11.4. The molecule has 0 atom stereocenters. The third-order valence-corrected chi connectivity index (χ3v) is 1.47. The van der Waals surface area contributed by atoms with Crippen LogP contribution in [-0.2, 0) is 0 Å². The van der Waals surface area contributed by atoms with E-state index in [9.17, 15) is 0 Å². The second-order valence-corrected chi connectivity index (χ2v) is 2.53. The molecule has 0 aromatic carbocycles. The van der Waals surface area contributed by atoms with E-state index in [1.807, 2.05) is 19.1 Å². The fraction of sp³-hybridized carbons (Fsp3) is 0.455. The number of unbranched alkanes of at least 4 members (excludes halogenated alkanes) is 3. The zero-order valence-electron chi connectivity index (χ0n) is 7.42. The van der Waals surface area contributed by atoms with Crippen molar-refractivity contribution in [3.63, 3.8) is 0 Å². The molecule has 0 heteroatoms. The zero-order valence-corrected chi connectivity index (χ0v) is 7.42. The number of allylic oxidation sites excluding steroid dienone is 5. The summed E-state index contributed by atoms with van der Waals surface area (Å²) >= 11 is 0. The molecule has 0 unspecified atom stereocenters. The van der Waals surface area contributed by atoms with E-state index in [1.54, 1.807) is 0 Å². The summed E-state index contributed by atoms with van der Waals surface area (Å²) in [6, 6.07) is 0. The Balaban J connectivity index is 3.06. The molecular formula is C11H18. The average Bonchev–Trinajstić information content (AvgIpc) is 2.03. The minimum absolute atomic E-state index is 1.15. The van der Waals surface area contributed by atoms with Gasteiger partial charge in [-0.3, -0.25) is 0 Å². The summed E-state index contributed by atoms with van der Waals surface area (Å²) in [5, 5.41) is 0. The molecule has 0 spiro atoms. The lowest BCUT2D eigenvalue weighted by Gasteiger charge is -1.90. The van der Waals surface area contributed by atoms with Crippen molar-refractivity contribution >= 4 is 0 Å². The first-order chi connectivity index (χ1) is 5.41. The highest BCUT2D eigenvalue weighted by Gasteiger charge is 1.80. The molecule has 0 aliphatic heterocycles. The van der Waals surface area contributed by atoms with E-state index in [4.69, 9.17) is 0 Å². The van der Waals surface area contributed by atoms with Crippen LogP contribution < -0.4 is 0 Å². The van der Waals surface area contributed by atoms with Gasteiger partial charge in [0, 0.05) is 0 Å². The Morgan fingerprint density at radius 1 is 1.09 bits per heavy atom. The molecule has 0 aliphatic rings. The highest BCUT2D eigenvalue weighted by Crippen LogP contribution is 2.00. The molecule has 62 valence electrons. The fourth-order valence-corrected chi connectivity index (χ4v) is 0.837. The van der Waals surface area contributed by atoms with Crippen LogP contribution in [0.5, 0.6) is 0 Å². The van der Waals surface area contributed by atoms with Crippen molar-refractivity contribution in [1.82, 2.24) is 0 Å². The minimum atomic E-state index is 1.15. The Hall–Kier alpha value is -0.780. The van der Waals surface area contributed by atoms with Gasteiger partial charge < -0.3 is 0 Å². The van der Waals surface area contributed by atoms with Gasteiger partial charge in [-0.1, -0.05) is 30.4 Å². The molecule has 0 amide bonds. The van der Waals surface area contributed by atoms with Crippen molar-refractivity contribution in [2.75, 3.05) is 0 Å². The minimum Gasteiger partial charge on any atom is -0.103 e. The van der Waals surface area contributed by atoms with E-state index in [-0.39, 0.29) is 0 Å². The van der Waals surface area contributed by atoms with Gasteiger partial charge in [0.1, 0.15) is 0 Å². The Bertz CT molecular complexity index is 129. The summed E-state index contributed by atoms with van der Waals surface area (Å²) < 4.78 is 0. The Morgan fingerprint density at radius 3 is 2.45 bits per heavy atom. The average molecular weight is 150 g/mol. The monoisotopic (exact) mass is 150 g/mol. The summed E-state index contributed by atoms with van der Waals surface area (Å²) in [5.41, 5.74) is 0. The summed E-state index contributed by atoms with van der Waals surface area (Å²) in [4.78, 5) is 0. The molecule has 0 aromatic rings. The molecule has 0 fully saturated rings. The van der Waals surface area contributed by atoms with Crippen LogP contribution in [0.25, 0.3) is 0 Å². The molecule has 0 aromatic heterocycles. The third kappa shape index (κ3) is 9.22. The molecule has 0 aliphatic carbocycles. The molecule has 0 saturated heterocycles. The van der Waals surface area contributed by atoms with Crippen molar-refractivity contribution in [3.8, 4) is 0 Å². The van der Waals surface area contributed by atoms with E-state index in [1.165, 1.54) is 19.3 Å². The smallest absolute Gasteiger partial charge is 0.0347 e. The van der Waals surface area contributed by atoms with Crippen molar-refractivity contribution in [2.24, 2.45) is 0 Å². The first-order valence-corrected chi connectivity index (χ1v) is 4.30. The van der Waals surface area contributed by atoms with E-state index in [0.717, 1.165) is 6.42 Å². The lowest BCUT2D eigenvalue weighted by Crippen LogP contribution is -1.70. The van der Waals surface area contributed by atoms with E-state index >= 15 is 0 Å². The number of rotatable bonds is 6. The molecule has 11 heavy (non-hydrogen) atoms. The van der Waals surface area contributed by atoms with Crippen LogP contribution in [0.1, 0.15) is 32.6 Å². The van der Waals surface area contributed by atoms with Crippen LogP contribution in [0.15, 0.2) is 37.0 Å².